The molecule has 0 radical (unpaired) electrons. The summed E-state index contributed by atoms with van der Waals surface area (Å²) in [5.41, 5.74) is 9.94. The maximum atomic E-state index is 6.17. The highest BCUT2D eigenvalue weighted by molar-refractivity contribution is 5.49. The van der Waals surface area contributed by atoms with Crippen LogP contribution in [0.15, 0.2) is 12.1 Å². The molecule has 0 aliphatic carbocycles. The molecule has 0 bridgehead atoms. The van der Waals surface area contributed by atoms with E-state index in [9.17, 15) is 0 Å². The third-order valence-corrected chi connectivity index (χ3v) is 3.09. The van der Waals surface area contributed by atoms with E-state index in [2.05, 4.69) is 32.9 Å². The lowest BCUT2D eigenvalue weighted by molar-refractivity contribution is 0.265. The van der Waals surface area contributed by atoms with Crippen molar-refractivity contribution in [3.63, 3.8) is 0 Å². The van der Waals surface area contributed by atoms with Gasteiger partial charge in [-0.2, -0.15) is 0 Å². The number of hydrogen-bond acceptors (Lipinski definition) is 2. The van der Waals surface area contributed by atoms with Crippen molar-refractivity contribution < 1.29 is 4.74 Å². The third kappa shape index (κ3) is 1.74. The number of hydrogen-bond donors (Lipinski definition) is 1. The van der Waals surface area contributed by atoms with Crippen LogP contribution >= 0.6 is 0 Å². The van der Waals surface area contributed by atoms with Gasteiger partial charge in [0, 0.05) is 18.0 Å². The SMILES string of the molecule is Cc1ccc(C(C)C)c2c1OCC[C@H]2N. The van der Waals surface area contributed by atoms with Gasteiger partial charge in [0.25, 0.3) is 0 Å². The van der Waals surface area contributed by atoms with Gasteiger partial charge >= 0.3 is 0 Å². The first-order valence-corrected chi connectivity index (χ1v) is 5.63. The molecule has 1 heterocycles. The van der Waals surface area contributed by atoms with Crippen LogP contribution in [-0.4, -0.2) is 6.61 Å². The Balaban J connectivity index is 2.60. The molecule has 0 saturated heterocycles. The smallest absolute Gasteiger partial charge is 0.127 e. The second kappa shape index (κ2) is 3.86. The molecule has 2 N–H and O–H groups in total. The summed E-state index contributed by atoms with van der Waals surface area (Å²) in [5, 5.41) is 0. The molecular formula is C13H19NO. The molecule has 1 aromatic carbocycles. The molecule has 1 aromatic rings. The van der Waals surface area contributed by atoms with Crippen molar-refractivity contribution in [1.82, 2.24) is 0 Å². The molecule has 82 valence electrons. The van der Waals surface area contributed by atoms with E-state index in [1.165, 1.54) is 16.7 Å². The standard InChI is InChI=1S/C13H19NO/c1-8(2)10-5-4-9(3)13-12(10)11(14)6-7-15-13/h4-5,8,11H,6-7,14H2,1-3H3/t11-/m1/s1. The molecule has 2 heteroatoms. The van der Waals surface area contributed by atoms with Gasteiger partial charge in [-0.3, -0.25) is 0 Å². The average Bonchev–Trinajstić information content (AvgIpc) is 2.19. The van der Waals surface area contributed by atoms with Crippen LogP contribution in [0.25, 0.3) is 0 Å². The minimum absolute atomic E-state index is 0.144. The molecule has 0 fully saturated rings. The second-order valence-corrected chi connectivity index (χ2v) is 4.61. The Bertz CT molecular complexity index is 371. The van der Waals surface area contributed by atoms with Gasteiger partial charge in [-0.1, -0.05) is 26.0 Å². The first kappa shape index (κ1) is 10.5. The van der Waals surface area contributed by atoms with E-state index in [4.69, 9.17) is 10.5 Å². The van der Waals surface area contributed by atoms with Crippen molar-refractivity contribution in [2.24, 2.45) is 5.73 Å². The van der Waals surface area contributed by atoms with Gasteiger partial charge in [-0.25, -0.2) is 0 Å². The maximum absolute atomic E-state index is 6.17. The number of rotatable bonds is 1. The number of aryl methyl sites for hydroxylation is 1. The fourth-order valence-corrected chi connectivity index (χ4v) is 2.23. The monoisotopic (exact) mass is 205 g/mol. The molecule has 0 aromatic heterocycles. The predicted octanol–water partition coefficient (Wildman–Crippen LogP) is 2.90. The Morgan fingerprint density at radius 2 is 2.13 bits per heavy atom. The third-order valence-electron chi connectivity index (χ3n) is 3.09. The minimum Gasteiger partial charge on any atom is -0.493 e. The zero-order chi connectivity index (χ0) is 11.0. The van der Waals surface area contributed by atoms with Crippen LogP contribution in [0.2, 0.25) is 0 Å². The summed E-state index contributed by atoms with van der Waals surface area (Å²) in [7, 11) is 0. The predicted molar refractivity (Wildman–Crippen MR) is 62.3 cm³/mol. The Hall–Kier alpha value is -1.02. The minimum atomic E-state index is 0.144. The Kier molecular flexibility index (Phi) is 2.70. The molecule has 0 saturated carbocycles. The summed E-state index contributed by atoms with van der Waals surface area (Å²) in [5.74, 6) is 1.53. The van der Waals surface area contributed by atoms with Crippen molar-refractivity contribution in [3.8, 4) is 5.75 Å². The lowest BCUT2D eigenvalue weighted by Gasteiger charge is -2.28. The van der Waals surface area contributed by atoms with Crippen LogP contribution < -0.4 is 10.5 Å². The summed E-state index contributed by atoms with van der Waals surface area (Å²) in [6, 6.07) is 4.46. The van der Waals surface area contributed by atoms with E-state index in [-0.39, 0.29) is 6.04 Å². The fraction of sp³-hybridized carbons (Fsp3) is 0.538. The molecule has 1 atom stereocenters. The fourth-order valence-electron chi connectivity index (χ4n) is 2.23. The first-order chi connectivity index (χ1) is 7.11. The van der Waals surface area contributed by atoms with Crippen molar-refractivity contribution in [1.29, 1.82) is 0 Å². The topological polar surface area (TPSA) is 35.2 Å². The Labute approximate surface area is 91.4 Å². The number of nitrogens with two attached hydrogens (primary N) is 1. The Morgan fingerprint density at radius 3 is 2.80 bits per heavy atom. The van der Waals surface area contributed by atoms with Gasteiger partial charge in [0.1, 0.15) is 5.75 Å². The highest BCUT2D eigenvalue weighted by Gasteiger charge is 2.23. The Morgan fingerprint density at radius 1 is 1.40 bits per heavy atom. The number of ether oxygens (including phenoxy) is 1. The van der Waals surface area contributed by atoms with E-state index >= 15 is 0 Å². The largest absolute Gasteiger partial charge is 0.493 e. The van der Waals surface area contributed by atoms with Crippen LogP contribution in [-0.2, 0) is 0 Å². The zero-order valence-electron chi connectivity index (χ0n) is 9.71. The summed E-state index contributed by atoms with van der Waals surface area (Å²) in [4.78, 5) is 0. The molecule has 1 aliphatic rings. The van der Waals surface area contributed by atoms with Crippen molar-refractivity contribution in [2.75, 3.05) is 6.61 Å². The molecule has 0 amide bonds. The molecule has 2 rings (SSSR count). The number of fused-ring (bicyclic) bond motifs is 1. The molecule has 15 heavy (non-hydrogen) atoms. The number of benzene rings is 1. The van der Waals surface area contributed by atoms with Gasteiger partial charge < -0.3 is 10.5 Å². The van der Waals surface area contributed by atoms with Gasteiger partial charge in [0.05, 0.1) is 6.61 Å². The van der Waals surface area contributed by atoms with E-state index in [1.54, 1.807) is 0 Å². The van der Waals surface area contributed by atoms with Gasteiger partial charge in [-0.05, 0) is 24.0 Å². The lowest BCUT2D eigenvalue weighted by atomic mass is 9.88. The molecule has 1 aliphatic heterocycles. The highest BCUT2D eigenvalue weighted by Crippen LogP contribution is 2.38. The van der Waals surface area contributed by atoms with Crippen LogP contribution in [0.3, 0.4) is 0 Å². The van der Waals surface area contributed by atoms with E-state index in [1.807, 2.05) is 0 Å². The van der Waals surface area contributed by atoms with Gasteiger partial charge in [-0.15, -0.1) is 0 Å². The summed E-state index contributed by atoms with van der Waals surface area (Å²) >= 11 is 0. The second-order valence-electron chi connectivity index (χ2n) is 4.61. The highest BCUT2D eigenvalue weighted by atomic mass is 16.5. The van der Waals surface area contributed by atoms with Gasteiger partial charge in [0.15, 0.2) is 0 Å². The lowest BCUT2D eigenvalue weighted by Crippen LogP contribution is -2.23. The average molecular weight is 205 g/mol. The van der Waals surface area contributed by atoms with E-state index in [0.717, 1.165) is 18.8 Å². The summed E-state index contributed by atoms with van der Waals surface area (Å²) < 4.78 is 5.74. The first-order valence-electron chi connectivity index (χ1n) is 5.63. The van der Waals surface area contributed by atoms with Gasteiger partial charge in [0.2, 0.25) is 0 Å². The van der Waals surface area contributed by atoms with Crippen molar-refractivity contribution >= 4 is 0 Å². The normalized spacial score (nSPS) is 19.9. The quantitative estimate of drug-likeness (QED) is 0.765. The molecular weight excluding hydrogens is 186 g/mol. The van der Waals surface area contributed by atoms with Crippen LogP contribution in [0.4, 0.5) is 0 Å². The molecule has 0 spiro atoms. The van der Waals surface area contributed by atoms with Crippen LogP contribution in [0, 0.1) is 6.92 Å². The van der Waals surface area contributed by atoms with Crippen molar-refractivity contribution in [3.05, 3.63) is 28.8 Å². The van der Waals surface area contributed by atoms with Crippen LogP contribution in [0.1, 0.15) is 48.9 Å². The van der Waals surface area contributed by atoms with Crippen molar-refractivity contribution in [2.45, 2.75) is 39.2 Å². The van der Waals surface area contributed by atoms with Crippen LogP contribution in [0.5, 0.6) is 5.75 Å². The van der Waals surface area contributed by atoms with E-state index < -0.39 is 0 Å². The van der Waals surface area contributed by atoms with E-state index in [0.29, 0.717) is 5.92 Å². The summed E-state index contributed by atoms with van der Waals surface area (Å²) in [6.45, 7) is 7.23. The molecule has 2 nitrogen and oxygen atoms in total. The zero-order valence-corrected chi connectivity index (χ0v) is 9.71. The molecule has 0 unspecified atom stereocenters. The summed E-state index contributed by atoms with van der Waals surface area (Å²) in [6.07, 6.45) is 0.927. The maximum Gasteiger partial charge on any atom is 0.127 e.